The summed E-state index contributed by atoms with van der Waals surface area (Å²) in [6.07, 6.45) is 57.2. The highest BCUT2D eigenvalue weighted by Gasteiger charge is 2.30. The zero-order valence-corrected chi connectivity index (χ0v) is 67.6. The Morgan fingerprint density at radius 1 is 0.250 bits per heavy atom. The predicted molar refractivity (Wildman–Crippen MR) is 409 cm³/mol. The third kappa shape index (κ3) is 74.3. The van der Waals surface area contributed by atoms with Gasteiger partial charge in [0.15, 0.2) is 12.2 Å². The van der Waals surface area contributed by atoms with E-state index in [0.717, 1.165) is 114 Å². The molecular formula is C81H158O17P2. The van der Waals surface area contributed by atoms with E-state index in [1.165, 1.54) is 212 Å². The number of carbonyl (C=O) groups excluding carboxylic acids is 4. The van der Waals surface area contributed by atoms with Gasteiger partial charge in [0, 0.05) is 25.7 Å². The first-order chi connectivity index (χ1) is 48.1. The molecule has 0 spiro atoms. The van der Waals surface area contributed by atoms with Gasteiger partial charge in [0.2, 0.25) is 0 Å². The van der Waals surface area contributed by atoms with Crippen LogP contribution < -0.4 is 0 Å². The van der Waals surface area contributed by atoms with Gasteiger partial charge in [0.1, 0.15) is 19.3 Å². The van der Waals surface area contributed by atoms with Crippen molar-refractivity contribution in [3.63, 3.8) is 0 Å². The van der Waals surface area contributed by atoms with Crippen molar-refractivity contribution in [2.24, 2.45) is 23.7 Å². The molecule has 0 aliphatic heterocycles. The molecule has 0 aromatic heterocycles. The fourth-order valence-corrected chi connectivity index (χ4v) is 14.0. The molecule has 0 rings (SSSR count). The molecule has 3 unspecified atom stereocenters. The summed E-state index contributed by atoms with van der Waals surface area (Å²) in [5.74, 6) is 0.929. The van der Waals surface area contributed by atoms with E-state index >= 15 is 0 Å². The molecule has 0 heterocycles. The number of aliphatic hydroxyl groups excluding tert-OH is 1. The number of hydrogen-bond donors (Lipinski definition) is 3. The van der Waals surface area contributed by atoms with Crippen LogP contribution >= 0.6 is 15.6 Å². The van der Waals surface area contributed by atoms with Crippen LogP contribution in [0.25, 0.3) is 0 Å². The first-order valence-corrected chi connectivity index (χ1v) is 44.7. The molecule has 0 aliphatic rings. The van der Waals surface area contributed by atoms with Gasteiger partial charge in [0.25, 0.3) is 0 Å². The van der Waals surface area contributed by atoms with Crippen molar-refractivity contribution in [3.05, 3.63) is 0 Å². The maximum Gasteiger partial charge on any atom is 0.472 e. The molecule has 594 valence electrons. The zero-order valence-electron chi connectivity index (χ0n) is 65.8. The second-order valence-electron chi connectivity index (χ2n) is 31.1. The number of ether oxygens (including phenoxy) is 4. The summed E-state index contributed by atoms with van der Waals surface area (Å²) in [4.78, 5) is 72.9. The molecule has 0 aromatic rings. The molecule has 0 aromatic carbocycles. The lowest BCUT2D eigenvalue weighted by atomic mass is 10.0. The van der Waals surface area contributed by atoms with Crippen LogP contribution in [0.1, 0.15) is 415 Å². The lowest BCUT2D eigenvalue weighted by Gasteiger charge is -2.21. The van der Waals surface area contributed by atoms with E-state index in [4.69, 9.17) is 37.0 Å². The van der Waals surface area contributed by atoms with Gasteiger partial charge in [0.05, 0.1) is 26.4 Å². The SMILES string of the molecule is CC(C)CCCCCCCCCCCCCCCCCCCCC(=O)O[C@H](COC(=O)CCCCCCCCC(C)C)COP(=O)(O)OCC(O)COP(=O)(O)OC[C@@H](COC(=O)CCCCCCCCCCCC(C)C)OC(=O)CCCCCCCCCCCCCCCCCC(C)C. The van der Waals surface area contributed by atoms with Crippen LogP contribution in [0.2, 0.25) is 0 Å². The van der Waals surface area contributed by atoms with Gasteiger partial charge in [-0.05, 0) is 49.4 Å². The molecule has 17 nitrogen and oxygen atoms in total. The summed E-state index contributed by atoms with van der Waals surface area (Å²) >= 11 is 0. The molecule has 0 radical (unpaired) electrons. The molecule has 0 bridgehead atoms. The van der Waals surface area contributed by atoms with Gasteiger partial charge >= 0.3 is 39.5 Å². The van der Waals surface area contributed by atoms with E-state index in [1.807, 2.05) is 0 Å². The van der Waals surface area contributed by atoms with Crippen molar-refractivity contribution < 1.29 is 80.2 Å². The Hall–Kier alpha value is -1.94. The third-order valence-electron chi connectivity index (χ3n) is 18.8. The normalized spacial score (nSPS) is 14.0. The molecule has 0 saturated heterocycles. The molecule has 0 saturated carbocycles. The monoisotopic (exact) mass is 1470 g/mol. The van der Waals surface area contributed by atoms with Crippen molar-refractivity contribution in [2.45, 2.75) is 433 Å². The quantitative estimate of drug-likeness (QED) is 0.0222. The lowest BCUT2D eigenvalue weighted by Crippen LogP contribution is -2.30. The smallest absolute Gasteiger partial charge is 0.462 e. The first-order valence-electron chi connectivity index (χ1n) is 41.7. The molecule has 0 amide bonds. The minimum Gasteiger partial charge on any atom is -0.462 e. The van der Waals surface area contributed by atoms with E-state index in [9.17, 15) is 43.2 Å². The zero-order chi connectivity index (χ0) is 73.8. The fourth-order valence-electron chi connectivity index (χ4n) is 12.4. The molecule has 19 heteroatoms. The molecular weight excluding hydrogens is 1310 g/mol. The van der Waals surface area contributed by atoms with Gasteiger partial charge in [-0.25, -0.2) is 9.13 Å². The Balaban J connectivity index is 5.17. The number of hydrogen-bond acceptors (Lipinski definition) is 15. The largest absolute Gasteiger partial charge is 0.472 e. The van der Waals surface area contributed by atoms with Crippen molar-refractivity contribution >= 4 is 39.5 Å². The Kier molecular flexibility index (Phi) is 68.7. The van der Waals surface area contributed by atoms with E-state index in [-0.39, 0.29) is 25.7 Å². The van der Waals surface area contributed by atoms with Crippen LogP contribution in [0.15, 0.2) is 0 Å². The number of esters is 4. The average Bonchev–Trinajstić information content (AvgIpc) is 0.993. The van der Waals surface area contributed by atoms with E-state index in [0.29, 0.717) is 31.6 Å². The maximum absolute atomic E-state index is 13.1. The second kappa shape index (κ2) is 70.1. The van der Waals surface area contributed by atoms with Gasteiger partial charge in [-0.2, -0.15) is 0 Å². The number of unbranched alkanes of at least 4 members (excludes halogenated alkanes) is 44. The molecule has 0 fully saturated rings. The van der Waals surface area contributed by atoms with Crippen LogP contribution in [0.4, 0.5) is 0 Å². The number of carbonyl (C=O) groups is 4. The van der Waals surface area contributed by atoms with E-state index in [2.05, 4.69) is 55.4 Å². The van der Waals surface area contributed by atoms with Crippen LogP contribution in [-0.2, 0) is 65.4 Å². The van der Waals surface area contributed by atoms with Crippen molar-refractivity contribution in [1.82, 2.24) is 0 Å². The Morgan fingerprint density at radius 2 is 0.420 bits per heavy atom. The van der Waals surface area contributed by atoms with Crippen LogP contribution in [0, 0.1) is 23.7 Å². The average molecular weight is 1470 g/mol. The number of phosphoric acid groups is 2. The van der Waals surface area contributed by atoms with Crippen molar-refractivity contribution in [1.29, 1.82) is 0 Å². The lowest BCUT2D eigenvalue weighted by molar-refractivity contribution is -0.161. The van der Waals surface area contributed by atoms with Crippen LogP contribution in [0.5, 0.6) is 0 Å². The summed E-state index contributed by atoms with van der Waals surface area (Å²) in [5, 5.41) is 10.6. The highest BCUT2D eigenvalue weighted by Crippen LogP contribution is 2.45. The minimum atomic E-state index is -4.96. The Labute approximate surface area is 613 Å². The topological polar surface area (TPSA) is 237 Å². The molecule has 0 aliphatic carbocycles. The first kappa shape index (κ1) is 98.1. The van der Waals surface area contributed by atoms with Crippen molar-refractivity contribution in [3.8, 4) is 0 Å². The van der Waals surface area contributed by atoms with Crippen molar-refractivity contribution in [2.75, 3.05) is 39.6 Å². The van der Waals surface area contributed by atoms with E-state index < -0.39 is 97.5 Å². The summed E-state index contributed by atoms with van der Waals surface area (Å²) in [6, 6.07) is 0. The van der Waals surface area contributed by atoms with E-state index in [1.54, 1.807) is 0 Å². The fraction of sp³-hybridized carbons (Fsp3) is 0.951. The second-order valence-corrected chi connectivity index (χ2v) is 34.0. The summed E-state index contributed by atoms with van der Waals surface area (Å²) in [7, 11) is -9.92. The Morgan fingerprint density at radius 3 is 0.620 bits per heavy atom. The van der Waals surface area contributed by atoms with Crippen LogP contribution in [-0.4, -0.2) is 96.7 Å². The number of phosphoric ester groups is 2. The number of aliphatic hydroxyl groups is 1. The third-order valence-corrected chi connectivity index (χ3v) is 20.7. The molecule has 100 heavy (non-hydrogen) atoms. The summed E-state index contributed by atoms with van der Waals surface area (Å²) < 4.78 is 68.7. The highest BCUT2D eigenvalue weighted by atomic mass is 31.2. The number of rotatable bonds is 78. The summed E-state index contributed by atoms with van der Waals surface area (Å²) in [6.45, 7) is 14.2. The molecule has 3 N–H and O–H groups in total. The highest BCUT2D eigenvalue weighted by molar-refractivity contribution is 7.47. The predicted octanol–water partition coefficient (Wildman–Crippen LogP) is 24.0. The maximum atomic E-state index is 13.1. The molecule has 5 atom stereocenters. The van der Waals surface area contributed by atoms with Gasteiger partial charge in [-0.15, -0.1) is 0 Å². The summed E-state index contributed by atoms with van der Waals surface area (Å²) in [5.41, 5.74) is 0. The van der Waals surface area contributed by atoms with Gasteiger partial charge in [-0.1, -0.05) is 364 Å². The Bertz CT molecular complexity index is 1950. The van der Waals surface area contributed by atoms with Gasteiger partial charge in [-0.3, -0.25) is 37.3 Å². The standard InChI is InChI=1S/C81H158O17P2/c1-71(2)57-49-41-33-27-22-18-14-11-9-10-12-16-20-24-30-37-47-55-64-81(86)98-77(68-92-79(84)62-54-46-40-39-44-52-60-74(7)8)70-96-100(89,90)94-66-75(82)65-93-99(87,88)95-69-76(67-91-78(83)61-53-45-36-32-26-29-35-43-51-59-73(5)6)97-80(85)63-56-48-38-31-25-21-17-13-15-19-23-28-34-42-50-58-72(3)4/h71-77,82H,9-70H2,1-8H3,(H,87,88)(H,89,90)/t75?,76-,77-/m1/s1. The van der Waals surface area contributed by atoms with Gasteiger partial charge < -0.3 is 33.8 Å². The minimum absolute atomic E-state index is 0.107. The van der Waals surface area contributed by atoms with Crippen LogP contribution in [0.3, 0.4) is 0 Å².